The number of carbonyl (C=O) groups is 2. The predicted octanol–water partition coefficient (Wildman–Crippen LogP) is 2.40. The maximum absolute atomic E-state index is 12.0. The number of hydrogen-bond donors (Lipinski definition) is 2. The van der Waals surface area contributed by atoms with Crippen molar-refractivity contribution in [1.29, 1.82) is 0 Å². The summed E-state index contributed by atoms with van der Waals surface area (Å²) in [5.41, 5.74) is 6.35. The maximum Gasteiger partial charge on any atom is 0.346 e. The lowest BCUT2D eigenvalue weighted by molar-refractivity contribution is -0.123. The second kappa shape index (κ2) is 6.48. The van der Waals surface area contributed by atoms with Crippen LogP contribution in [0.5, 0.6) is 0 Å². The van der Waals surface area contributed by atoms with Crippen LogP contribution in [0.2, 0.25) is 5.02 Å². The fraction of sp³-hybridized carbons (Fsp3) is 0.214. The van der Waals surface area contributed by atoms with E-state index >= 15 is 0 Å². The SMILES string of the molecule is Cc1noc(N)c1C(=O)O[C@@H](C)C(=O)Nc1ccc(Cl)cc1. The summed E-state index contributed by atoms with van der Waals surface area (Å²) in [6, 6.07) is 6.54. The molecule has 0 aliphatic heterocycles. The largest absolute Gasteiger partial charge is 0.449 e. The molecule has 1 heterocycles. The van der Waals surface area contributed by atoms with Crippen molar-refractivity contribution in [1.82, 2.24) is 5.16 Å². The Bertz CT molecular complexity index is 677. The van der Waals surface area contributed by atoms with Gasteiger partial charge in [-0.05, 0) is 38.1 Å². The van der Waals surface area contributed by atoms with Crippen molar-refractivity contribution in [2.75, 3.05) is 11.1 Å². The summed E-state index contributed by atoms with van der Waals surface area (Å²) < 4.78 is 9.74. The molecule has 1 atom stereocenters. The molecule has 0 bridgehead atoms. The van der Waals surface area contributed by atoms with Gasteiger partial charge in [0, 0.05) is 10.7 Å². The van der Waals surface area contributed by atoms with Gasteiger partial charge in [-0.2, -0.15) is 0 Å². The van der Waals surface area contributed by atoms with Crippen LogP contribution in [0.15, 0.2) is 28.8 Å². The second-order valence-corrected chi connectivity index (χ2v) is 4.99. The fourth-order valence-corrected chi connectivity index (χ4v) is 1.81. The fourth-order valence-electron chi connectivity index (χ4n) is 1.69. The summed E-state index contributed by atoms with van der Waals surface area (Å²) in [7, 11) is 0. The van der Waals surface area contributed by atoms with E-state index in [4.69, 9.17) is 22.1 Å². The molecule has 0 aliphatic carbocycles. The summed E-state index contributed by atoms with van der Waals surface area (Å²) in [6.45, 7) is 3.00. The highest BCUT2D eigenvalue weighted by molar-refractivity contribution is 6.30. The minimum absolute atomic E-state index is 0.0196. The van der Waals surface area contributed by atoms with Crippen molar-refractivity contribution < 1.29 is 18.8 Å². The van der Waals surface area contributed by atoms with Gasteiger partial charge in [0.1, 0.15) is 5.56 Å². The van der Waals surface area contributed by atoms with E-state index in [0.29, 0.717) is 16.4 Å². The van der Waals surface area contributed by atoms with E-state index in [0.717, 1.165) is 0 Å². The summed E-state index contributed by atoms with van der Waals surface area (Å²) in [5, 5.41) is 6.71. The Morgan fingerprint density at radius 3 is 2.55 bits per heavy atom. The zero-order valence-electron chi connectivity index (χ0n) is 11.9. The molecule has 0 saturated heterocycles. The Balaban J connectivity index is 1.99. The summed E-state index contributed by atoms with van der Waals surface area (Å²) in [4.78, 5) is 23.9. The highest BCUT2D eigenvalue weighted by atomic mass is 35.5. The first-order chi connectivity index (χ1) is 10.4. The van der Waals surface area contributed by atoms with E-state index in [1.54, 1.807) is 31.2 Å². The molecule has 1 amide bonds. The Morgan fingerprint density at radius 2 is 2.00 bits per heavy atom. The van der Waals surface area contributed by atoms with Gasteiger partial charge in [-0.25, -0.2) is 4.79 Å². The van der Waals surface area contributed by atoms with Crippen molar-refractivity contribution in [3.8, 4) is 0 Å². The molecule has 2 rings (SSSR count). The molecule has 3 N–H and O–H groups in total. The molecule has 8 heteroatoms. The van der Waals surface area contributed by atoms with Gasteiger partial charge < -0.3 is 20.3 Å². The summed E-state index contributed by atoms with van der Waals surface area (Å²) in [5.74, 6) is -1.40. The van der Waals surface area contributed by atoms with Gasteiger partial charge in [0.25, 0.3) is 5.91 Å². The number of ether oxygens (including phenoxy) is 1. The van der Waals surface area contributed by atoms with Crippen molar-refractivity contribution in [3.63, 3.8) is 0 Å². The van der Waals surface area contributed by atoms with Crippen LogP contribution in [0.25, 0.3) is 0 Å². The second-order valence-electron chi connectivity index (χ2n) is 4.55. The average molecular weight is 324 g/mol. The average Bonchev–Trinajstić information content (AvgIpc) is 2.80. The topological polar surface area (TPSA) is 107 Å². The number of nitrogens with one attached hydrogen (secondary N) is 1. The molecular weight excluding hydrogens is 310 g/mol. The zero-order valence-corrected chi connectivity index (χ0v) is 12.7. The van der Waals surface area contributed by atoms with E-state index in [1.807, 2.05) is 0 Å². The van der Waals surface area contributed by atoms with Gasteiger partial charge in [0.05, 0.1) is 5.69 Å². The molecule has 0 spiro atoms. The van der Waals surface area contributed by atoms with E-state index in [2.05, 4.69) is 15.0 Å². The number of nitrogens with two attached hydrogens (primary N) is 1. The number of aromatic nitrogens is 1. The van der Waals surface area contributed by atoms with Crippen LogP contribution >= 0.6 is 11.6 Å². The number of benzene rings is 1. The number of nitrogens with zero attached hydrogens (tertiary/aromatic N) is 1. The van der Waals surface area contributed by atoms with Gasteiger partial charge in [-0.15, -0.1) is 0 Å². The number of anilines is 2. The number of amides is 1. The van der Waals surface area contributed by atoms with Gasteiger partial charge in [-0.1, -0.05) is 16.8 Å². The molecule has 7 nitrogen and oxygen atoms in total. The van der Waals surface area contributed by atoms with Crippen LogP contribution in [0.1, 0.15) is 23.0 Å². The third-order valence-electron chi connectivity index (χ3n) is 2.86. The van der Waals surface area contributed by atoms with Crippen molar-refractivity contribution in [3.05, 3.63) is 40.5 Å². The normalized spacial score (nSPS) is 11.8. The van der Waals surface area contributed by atoms with E-state index in [9.17, 15) is 9.59 Å². The number of nitrogen functional groups attached to an aromatic ring is 1. The first-order valence-electron chi connectivity index (χ1n) is 6.37. The number of aryl methyl sites for hydroxylation is 1. The van der Waals surface area contributed by atoms with Crippen LogP contribution in [-0.2, 0) is 9.53 Å². The predicted molar refractivity (Wildman–Crippen MR) is 80.6 cm³/mol. The van der Waals surface area contributed by atoms with E-state index < -0.39 is 18.0 Å². The molecule has 0 fully saturated rings. The Labute approximate surface area is 131 Å². The van der Waals surface area contributed by atoms with E-state index in [1.165, 1.54) is 6.92 Å². The van der Waals surface area contributed by atoms with Gasteiger partial charge in [-0.3, -0.25) is 4.79 Å². The lowest BCUT2D eigenvalue weighted by atomic mass is 10.2. The first-order valence-corrected chi connectivity index (χ1v) is 6.75. The minimum atomic E-state index is -1.02. The smallest absolute Gasteiger partial charge is 0.346 e. The standard InChI is InChI=1S/C14H14ClN3O4/c1-7-11(12(16)22-18-7)14(20)21-8(2)13(19)17-10-5-3-9(15)4-6-10/h3-6,8H,16H2,1-2H3,(H,17,19)/t8-/m0/s1. The Kier molecular flexibility index (Phi) is 4.67. The molecule has 116 valence electrons. The molecule has 1 aromatic heterocycles. The maximum atomic E-state index is 12.0. The first kappa shape index (κ1) is 15.8. The molecule has 1 aromatic carbocycles. The van der Waals surface area contributed by atoms with Crippen LogP contribution in [-0.4, -0.2) is 23.1 Å². The summed E-state index contributed by atoms with van der Waals surface area (Å²) >= 11 is 5.76. The van der Waals surface area contributed by atoms with Crippen molar-refractivity contribution in [2.24, 2.45) is 0 Å². The lowest BCUT2D eigenvalue weighted by Gasteiger charge is -2.13. The highest BCUT2D eigenvalue weighted by Gasteiger charge is 2.24. The number of halogens is 1. The van der Waals surface area contributed by atoms with E-state index in [-0.39, 0.29) is 11.4 Å². The van der Waals surface area contributed by atoms with Gasteiger partial charge in [0.15, 0.2) is 6.10 Å². The molecule has 22 heavy (non-hydrogen) atoms. The summed E-state index contributed by atoms with van der Waals surface area (Å²) in [6.07, 6.45) is -1.02. The molecular formula is C14H14ClN3O4. The highest BCUT2D eigenvalue weighted by Crippen LogP contribution is 2.18. The van der Waals surface area contributed by atoms with Gasteiger partial charge in [0.2, 0.25) is 5.88 Å². The molecule has 0 radical (unpaired) electrons. The number of rotatable bonds is 4. The molecule has 0 unspecified atom stereocenters. The van der Waals surface area contributed by atoms with Crippen molar-refractivity contribution in [2.45, 2.75) is 20.0 Å². The van der Waals surface area contributed by atoms with Gasteiger partial charge >= 0.3 is 5.97 Å². The van der Waals surface area contributed by atoms with Crippen LogP contribution < -0.4 is 11.1 Å². The van der Waals surface area contributed by atoms with Crippen LogP contribution in [0.4, 0.5) is 11.6 Å². The Morgan fingerprint density at radius 1 is 1.36 bits per heavy atom. The number of esters is 1. The quantitative estimate of drug-likeness (QED) is 0.836. The van der Waals surface area contributed by atoms with Crippen LogP contribution in [0.3, 0.4) is 0 Å². The Hall–Kier alpha value is -2.54. The number of hydrogen-bond acceptors (Lipinski definition) is 6. The monoisotopic (exact) mass is 323 g/mol. The minimum Gasteiger partial charge on any atom is -0.449 e. The van der Waals surface area contributed by atoms with Crippen LogP contribution in [0, 0.1) is 6.92 Å². The molecule has 0 saturated carbocycles. The third-order valence-corrected chi connectivity index (χ3v) is 3.11. The number of carbonyl (C=O) groups excluding carboxylic acids is 2. The third kappa shape index (κ3) is 3.56. The van der Waals surface area contributed by atoms with Crippen molar-refractivity contribution >= 4 is 35.0 Å². The molecule has 2 aromatic rings. The zero-order chi connectivity index (χ0) is 16.3. The lowest BCUT2D eigenvalue weighted by Crippen LogP contribution is -2.30. The molecule has 0 aliphatic rings.